The van der Waals surface area contributed by atoms with E-state index in [-0.39, 0.29) is 6.61 Å². The Kier molecular flexibility index (Phi) is 6.92. The largest absolute Gasteiger partial charge is 0.452 e. The van der Waals surface area contributed by atoms with Crippen LogP contribution in [0.15, 0.2) is 52.3 Å². The van der Waals surface area contributed by atoms with E-state index in [1.807, 2.05) is 36.8 Å². The summed E-state index contributed by atoms with van der Waals surface area (Å²) in [5, 5.41) is 13.4. The lowest BCUT2D eigenvalue weighted by Crippen LogP contribution is -2.21. The molecule has 2 aromatic carbocycles. The number of ether oxygens (including phenoxy) is 1. The fourth-order valence-corrected chi connectivity index (χ4v) is 3.16. The van der Waals surface area contributed by atoms with Crippen molar-refractivity contribution in [1.29, 1.82) is 5.26 Å². The van der Waals surface area contributed by atoms with Gasteiger partial charge in [-0.3, -0.25) is 4.79 Å². The van der Waals surface area contributed by atoms with E-state index in [0.717, 1.165) is 27.1 Å². The average Bonchev–Trinajstić information content (AvgIpc) is 2.62. The van der Waals surface area contributed by atoms with E-state index in [1.165, 1.54) is 11.8 Å². The van der Waals surface area contributed by atoms with Crippen LogP contribution in [0.1, 0.15) is 15.9 Å². The first-order valence-corrected chi connectivity index (χ1v) is 9.36. The molecule has 1 N–H and O–H groups in total. The predicted molar refractivity (Wildman–Crippen MR) is 99.8 cm³/mol. The molecule has 1 amide bonds. The normalized spacial score (nSPS) is 9.96. The Labute approximate surface area is 154 Å². The van der Waals surface area contributed by atoms with Crippen LogP contribution in [-0.4, -0.2) is 24.7 Å². The summed E-state index contributed by atoms with van der Waals surface area (Å²) in [4.78, 5) is 25.7. The minimum Gasteiger partial charge on any atom is -0.452 e. The van der Waals surface area contributed by atoms with E-state index in [4.69, 9.17) is 10.00 Å². The third-order valence-corrected chi connectivity index (χ3v) is 4.67. The highest BCUT2D eigenvalue weighted by Gasteiger charge is 2.14. The van der Waals surface area contributed by atoms with Crippen LogP contribution in [0.4, 0.5) is 5.69 Å². The summed E-state index contributed by atoms with van der Waals surface area (Å²) in [6.07, 6.45) is 1.87. The maximum atomic E-state index is 12.1. The van der Waals surface area contributed by atoms with Crippen molar-refractivity contribution >= 4 is 41.1 Å². The van der Waals surface area contributed by atoms with E-state index in [2.05, 4.69) is 5.32 Å². The zero-order valence-electron chi connectivity index (χ0n) is 13.7. The van der Waals surface area contributed by atoms with Crippen LogP contribution < -0.4 is 5.32 Å². The van der Waals surface area contributed by atoms with Crippen molar-refractivity contribution in [2.24, 2.45) is 0 Å². The topological polar surface area (TPSA) is 79.2 Å². The Balaban J connectivity index is 1.95. The summed E-state index contributed by atoms with van der Waals surface area (Å²) in [5.41, 5.74) is 1.89. The predicted octanol–water partition coefficient (Wildman–Crippen LogP) is 4.09. The van der Waals surface area contributed by atoms with Crippen LogP contribution in [0.5, 0.6) is 0 Å². The summed E-state index contributed by atoms with van der Waals surface area (Å²) in [5.74, 6) is -0.948. The van der Waals surface area contributed by atoms with Gasteiger partial charge in [-0.15, -0.1) is 11.8 Å². The third-order valence-electron chi connectivity index (χ3n) is 3.30. The van der Waals surface area contributed by atoms with Crippen molar-refractivity contribution < 1.29 is 14.3 Å². The smallest absolute Gasteiger partial charge is 0.339 e. The number of thiocyanates is 1. The number of carbonyl (C=O) groups is 2. The van der Waals surface area contributed by atoms with Gasteiger partial charge in [-0.25, -0.2) is 4.79 Å². The summed E-state index contributed by atoms with van der Waals surface area (Å²) in [7, 11) is 0. The number of nitriles is 1. The molecule has 2 aromatic rings. The molecule has 0 fully saturated rings. The van der Waals surface area contributed by atoms with Gasteiger partial charge in [0.05, 0.1) is 5.56 Å². The zero-order valence-corrected chi connectivity index (χ0v) is 15.4. The van der Waals surface area contributed by atoms with Gasteiger partial charge in [-0.1, -0.05) is 12.1 Å². The fraction of sp³-hybridized carbons (Fsp3) is 0.167. The Morgan fingerprint density at radius 2 is 2.00 bits per heavy atom. The number of nitrogens with zero attached hydrogens (tertiary/aromatic N) is 1. The molecule has 2 rings (SSSR count). The number of aryl methyl sites for hydroxylation is 1. The van der Waals surface area contributed by atoms with Gasteiger partial charge >= 0.3 is 5.97 Å². The van der Waals surface area contributed by atoms with Gasteiger partial charge in [0, 0.05) is 15.5 Å². The number of amides is 1. The SMILES string of the molecule is CSc1ccccc1C(=O)OCC(=O)Nc1ccc(SC#N)cc1C. The molecule has 0 bridgehead atoms. The highest BCUT2D eigenvalue weighted by molar-refractivity contribution is 8.03. The summed E-state index contributed by atoms with van der Waals surface area (Å²) < 4.78 is 5.10. The summed E-state index contributed by atoms with van der Waals surface area (Å²) >= 11 is 2.50. The molecular weight excluding hydrogens is 356 g/mol. The molecule has 0 atom stereocenters. The van der Waals surface area contributed by atoms with Crippen molar-refractivity contribution in [3.05, 3.63) is 53.6 Å². The van der Waals surface area contributed by atoms with Gasteiger partial charge in [0.1, 0.15) is 5.40 Å². The lowest BCUT2D eigenvalue weighted by Gasteiger charge is -2.10. The minimum absolute atomic E-state index is 0.365. The first kappa shape index (κ1) is 18.9. The zero-order chi connectivity index (χ0) is 18.2. The molecule has 0 saturated carbocycles. The van der Waals surface area contributed by atoms with E-state index >= 15 is 0 Å². The van der Waals surface area contributed by atoms with E-state index in [0.29, 0.717) is 11.3 Å². The Morgan fingerprint density at radius 3 is 2.68 bits per heavy atom. The molecule has 0 spiro atoms. The number of carbonyl (C=O) groups excluding carboxylic acids is 2. The van der Waals surface area contributed by atoms with Gasteiger partial charge in [0.15, 0.2) is 6.61 Å². The van der Waals surface area contributed by atoms with Crippen LogP contribution in [-0.2, 0) is 9.53 Å². The Morgan fingerprint density at radius 1 is 1.24 bits per heavy atom. The third kappa shape index (κ3) is 5.28. The molecule has 7 heteroatoms. The molecule has 0 saturated heterocycles. The van der Waals surface area contributed by atoms with Crippen molar-refractivity contribution in [1.82, 2.24) is 0 Å². The quantitative estimate of drug-likeness (QED) is 0.467. The van der Waals surface area contributed by atoms with Crippen molar-refractivity contribution in [3.63, 3.8) is 0 Å². The second-order valence-corrected chi connectivity index (χ2v) is 6.70. The molecule has 0 unspecified atom stereocenters. The number of hydrogen-bond acceptors (Lipinski definition) is 6. The van der Waals surface area contributed by atoms with Crippen molar-refractivity contribution in [2.75, 3.05) is 18.2 Å². The molecule has 0 aromatic heterocycles. The molecule has 128 valence electrons. The first-order chi connectivity index (χ1) is 12.0. The standard InChI is InChI=1S/C18H16N2O3S2/c1-12-9-13(25-11-19)7-8-15(12)20-17(21)10-23-18(22)14-5-3-4-6-16(14)24-2/h3-9H,10H2,1-2H3,(H,20,21). The number of hydrogen-bond donors (Lipinski definition) is 1. The molecule has 5 nitrogen and oxygen atoms in total. The van der Waals surface area contributed by atoms with Crippen LogP contribution in [0.25, 0.3) is 0 Å². The van der Waals surface area contributed by atoms with Gasteiger partial charge < -0.3 is 10.1 Å². The van der Waals surface area contributed by atoms with E-state index in [9.17, 15) is 9.59 Å². The number of nitrogens with one attached hydrogen (secondary N) is 1. The fourth-order valence-electron chi connectivity index (χ4n) is 2.10. The van der Waals surface area contributed by atoms with E-state index < -0.39 is 11.9 Å². The maximum absolute atomic E-state index is 12.1. The van der Waals surface area contributed by atoms with Crippen molar-refractivity contribution in [2.45, 2.75) is 16.7 Å². The number of anilines is 1. The number of thioether (sulfide) groups is 2. The first-order valence-electron chi connectivity index (χ1n) is 7.31. The summed E-state index contributed by atoms with van der Waals surface area (Å²) in [6.45, 7) is 1.47. The van der Waals surface area contributed by atoms with Crippen molar-refractivity contribution in [3.8, 4) is 5.40 Å². The lowest BCUT2D eigenvalue weighted by molar-refractivity contribution is -0.119. The maximum Gasteiger partial charge on any atom is 0.339 e. The van der Waals surface area contributed by atoms with E-state index in [1.54, 1.807) is 24.3 Å². The van der Waals surface area contributed by atoms with Crippen LogP contribution >= 0.6 is 23.5 Å². The van der Waals surface area contributed by atoms with Gasteiger partial charge in [0.2, 0.25) is 0 Å². The number of esters is 1. The highest BCUT2D eigenvalue weighted by atomic mass is 32.2. The second kappa shape index (κ2) is 9.16. The Bertz CT molecular complexity index is 831. The lowest BCUT2D eigenvalue weighted by atomic mass is 10.2. The molecule has 0 aliphatic carbocycles. The van der Waals surface area contributed by atoms with Crippen LogP contribution in [0.3, 0.4) is 0 Å². The van der Waals surface area contributed by atoms with Gasteiger partial charge in [-0.05, 0) is 60.8 Å². The number of benzene rings is 2. The monoisotopic (exact) mass is 372 g/mol. The average molecular weight is 372 g/mol. The van der Waals surface area contributed by atoms with Gasteiger partial charge in [-0.2, -0.15) is 5.26 Å². The molecule has 25 heavy (non-hydrogen) atoms. The minimum atomic E-state index is -0.530. The molecule has 0 aliphatic heterocycles. The molecule has 0 heterocycles. The van der Waals surface area contributed by atoms with Gasteiger partial charge in [0.25, 0.3) is 5.91 Å². The number of rotatable bonds is 6. The van der Waals surface area contributed by atoms with Crippen LogP contribution in [0, 0.1) is 17.6 Å². The highest BCUT2D eigenvalue weighted by Crippen LogP contribution is 2.23. The second-order valence-electron chi connectivity index (χ2n) is 4.99. The van der Waals surface area contributed by atoms with Crippen LogP contribution in [0.2, 0.25) is 0 Å². The molecular formula is C18H16N2O3S2. The summed E-state index contributed by atoms with van der Waals surface area (Å²) in [6, 6.07) is 12.4. The molecule has 0 radical (unpaired) electrons. The molecule has 0 aliphatic rings. The Hall–Kier alpha value is -2.43.